The van der Waals surface area contributed by atoms with Crippen molar-refractivity contribution in [1.82, 2.24) is 5.32 Å². The Hall–Kier alpha value is -1.58. The van der Waals surface area contributed by atoms with Gasteiger partial charge in [0.1, 0.15) is 18.0 Å². The summed E-state index contributed by atoms with van der Waals surface area (Å²) in [5.41, 5.74) is 0. The molecule has 0 radical (unpaired) electrons. The molecule has 2 aromatic carbocycles. The predicted octanol–water partition coefficient (Wildman–Crippen LogP) is 1.94. The van der Waals surface area contributed by atoms with E-state index in [2.05, 4.69) is 23.5 Å². The molecular formula is C15H17NO2. The van der Waals surface area contributed by atoms with Crippen LogP contribution in [0.3, 0.4) is 0 Å². The number of benzene rings is 2. The van der Waals surface area contributed by atoms with Crippen LogP contribution >= 0.6 is 0 Å². The summed E-state index contributed by atoms with van der Waals surface area (Å²) in [5, 5.41) is 15.3. The number of fused-ring (bicyclic) bond motifs is 1. The van der Waals surface area contributed by atoms with E-state index in [1.165, 1.54) is 5.39 Å². The zero-order valence-electron chi connectivity index (χ0n) is 10.2. The Morgan fingerprint density at radius 1 is 1.11 bits per heavy atom. The molecule has 3 nitrogen and oxygen atoms in total. The van der Waals surface area contributed by atoms with Crippen molar-refractivity contribution in [2.24, 2.45) is 0 Å². The maximum atomic E-state index is 9.91. The minimum atomic E-state index is -0.433. The molecule has 0 aromatic heterocycles. The Balaban J connectivity index is 1.90. The molecule has 1 saturated heterocycles. The lowest BCUT2D eigenvalue weighted by Gasteiger charge is -2.29. The highest BCUT2D eigenvalue weighted by molar-refractivity contribution is 5.88. The molecule has 0 aliphatic carbocycles. The van der Waals surface area contributed by atoms with E-state index in [0.29, 0.717) is 6.54 Å². The number of rotatable bonds is 2. The average molecular weight is 243 g/mol. The molecule has 1 aliphatic rings. The first-order valence-electron chi connectivity index (χ1n) is 6.38. The fourth-order valence-corrected chi connectivity index (χ4v) is 2.42. The summed E-state index contributed by atoms with van der Waals surface area (Å²) in [6, 6.07) is 14.2. The standard InChI is InChI=1S/C15H17NO2/c17-13-10-16-9-8-15(13)18-14-7-3-5-11-4-1-2-6-12(11)14/h1-7,13,15-17H,8-10H2/t13-,15+/m0/s1. The van der Waals surface area contributed by atoms with Gasteiger partial charge in [-0.1, -0.05) is 36.4 Å². The highest BCUT2D eigenvalue weighted by Crippen LogP contribution is 2.27. The van der Waals surface area contributed by atoms with Crippen LogP contribution in [0.4, 0.5) is 0 Å². The molecule has 1 fully saturated rings. The van der Waals surface area contributed by atoms with Crippen molar-refractivity contribution in [3.63, 3.8) is 0 Å². The van der Waals surface area contributed by atoms with Gasteiger partial charge in [-0.05, 0) is 24.4 Å². The minimum absolute atomic E-state index is 0.114. The first-order valence-corrected chi connectivity index (χ1v) is 6.38. The van der Waals surface area contributed by atoms with E-state index in [0.717, 1.165) is 24.1 Å². The number of ether oxygens (including phenoxy) is 1. The Morgan fingerprint density at radius 3 is 2.83 bits per heavy atom. The van der Waals surface area contributed by atoms with Crippen LogP contribution in [-0.4, -0.2) is 30.4 Å². The summed E-state index contributed by atoms with van der Waals surface area (Å²) >= 11 is 0. The minimum Gasteiger partial charge on any atom is -0.487 e. The van der Waals surface area contributed by atoms with Crippen LogP contribution in [0.5, 0.6) is 5.75 Å². The monoisotopic (exact) mass is 243 g/mol. The van der Waals surface area contributed by atoms with Crippen LogP contribution < -0.4 is 10.1 Å². The van der Waals surface area contributed by atoms with Crippen molar-refractivity contribution in [3.05, 3.63) is 42.5 Å². The van der Waals surface area contributed by atoms with Gasteiger partial charge in [-0.15, -0.1) is 0 Å². The zero-order chi connectivity index (χ0) is 12.4. The van der Waals surface area contributed by atoms with Crippen molar-refractivity contribution < 1.29 is 9.84 Å². The molecular weight excluding hydrogens is 226 g/mol. The molecule has 0 bridgehead atoms. The number of aliphatic hydroxyl groups excluding tert-OH is 1. The van der Waals surface area contributed by atoms with Crippen LogP contribution in [0.2, 0.25) is 0 Å². The second-order valence-corrected chi connectivity index (χ2v) is 4.69. The van der Waals surface area contributed by atoms with Gasteiger partial charge in [-0.25, -0.2) is 0 Å². The zero-order valence-corrected chi connectivity index (χ0v) is 10.2. The van der Waals surface area contributed by atoms with Crippen LogP contribution in [-0.2, 0) is 0 Å². The number of hydrogen-bond donors (Lipinski definition) is 2. The number of piperidine rings is 1. The van der Waals surface area contributed by atoms with Gasteiger partial charge in [-0.3, -0.25) is 0 Å². The summed E-state index contributed by atoms with van der Waals surface area (Å²) in [7, 11) is 0. The summed E-state index contributed by atoms with van der Waals surface area (Å²) < 4.78 is 5.99. The van der Waals surface area contributed by atoms with Gasteiger partial charge in [0.2, 0.25) is 0 Å². The van der Waals surface area contributed by atoms with Gasteiger partial charge in [0.25, 0.3) is 0 Å². The smallest absolute Gasteiger partial charge is 0.127 e. The first kappa shape index (κ1) is 11.5. The predicted molar refractivity (Wildman–Crippen MR) is 71.9 cm³/mol. The van der Waals surface area contributed by atoms with E-state index in [4.69, 9.17) is 4.74 Å². The van der Waals surface area contributed by atoms with Crippen LogP contribution in [0, 0.1) is 0 Å². The average Bonchev–Trinajstić information content (AvgIpc) is 2.42. The highest BCUT2D eigenvalue weighted by Gasteiger charge is 2.24. The quantitative estimate of drug-likeness (QED) is 0.847. The third-order valence-corrected chi connectivity index (χ3v) is 3.42. The van der Waals surface area contributed by atoms with E-state index in [9.17, 15) is 5.11 Å². The third-order valence-electron chi connectivity index (χ3n) is 3.42. The topological polar surface area (TPSA) is 41.5 Å². The van der Waals surface area contributed by atoms with Gasteiger partial charge in [0.15, 0.2) is 0 Å². The molecule has 0 amide bonds. The Bertz CT molecular complexity index is 536. The fraction of sp³-hybridized carbons (Fsp3) is 0.333. The van der Waals surface area contributed by atoms with Crippen LogP contribution in [0.25, 0.3) is 10.8 Å². The molecule has 2 aromatic rings. The lowest BCUT2D eigenvalue weighted by atomic mass is 10.1. The molecule has 2 N–H and O–H groups in total. The molecule has 3 rings (SSSR count). The molecule has 18 heavy (non-hydrogen) atoms. The van der Waals surface area contributed by atoms with E-state index in [-0.39, 0.29) is 6.10 Å². The Labute approximate surface area is 106 Å². The molecule has 1 heterocycles. The maximum absolute atomic E-state index is 9.91. The van der Waals surface area contributed by atoms with Gasteiger partial charge < -0.3 is 15.2 Å². The normalized spacial score (nSPS) is 24.1. The molecule has 1 aliphatic heterocycles. The molecule has 0 saturated carbocycles. The van der Waals surface area contributed by atoms with E-state index in [1.807, 2.05) is 24.3 Å². The van der Waals surface area contributed by atoms with Crippen molar-refractivity contribution in [3.8, 4) is 5.75 Å². The number of β-amino-alcohol motifs (C(OH)–C–C–N with tert-alkyl or cyclic N) is 1. The van der Waals surface area contributed by atoms with Gasteiger partial charge >= 0.3 is 0 Å². The van der Waals surface area contributed by atoms with Crippen molar-refractivity contribution in [2.75, 3.05) is 13.1 Å². The molecule has 3 heteroatoms. The van der Waals surface area contributed by atoms with Crippen molar-refractivity contribution in [2.45, 2.75) is 18.6 Å². The lowest BCUT2D eigenvalue weighted by molar-refractivity contribution is 0.0171. The second-order valence-electron chi connectivity index (χ2n) is 4.69. The number of aliphatic hydroxyl groups is 1. The van der Waals surface area contributed by atoms with Gasteiger partial charge in [0, 0.05) is 11.9 Å². The molecule has 94 valence electrons. The molecule has 2 atom stereocenters. The lowest BCUT2D eigenvalue weighted by Crippen LogP contribution is -2.46. The summed E-state index contributed by atoms with van der Waals surface area (Å²) in [6.07, 6.45) is 0.291. The van der Waals surface area contributed by atoms with Gasteiger partial charge in [-0.2, -0.15) is 0 Å². The van der Waals surface area contributed by atoms with Crippen LogP contribution in [0.15, 0.2) is 42.5 Å². The second kappa shape index (κ2) is 4.96. The molecule has 0 spiro atoms. The fourth-order valence-electron chi connectivity index (χ4n) is 2.42. The first-order chi connectivity index (χ1) is 8.84. The summed E-state index contributed by atoms with van der Waals surface area (Å²) in [4.78, 5) is 0. The van der Waals surface area contributed by atoms with E-state index in [1.54, 1.807) is 0 Å². The van der Waals surface area contributed by atoms with Crippen molar-refractivity contribution >= 4 is 10.8 Å². The van der Waals surface area contributed by atoms with E-state index >= 15 is 0 Å². The Morgan fingerprint density at radius 2 is 1.94 bits per heavy atom. The summed E-state index contributed by atoms with van der Waals surface area (Å²) in [6.45, 7) is 1.50. The highest BCUT2D eigenvalue weighted by atomic mass is 16.5. The number of nitrogens with one attached hydrogen (secondary N) is 1. The third kappa shape index (κ3) is 2.19. The van der Waals surface area contributed by atoms with E-state index < -0.39 is 6.10 Å². The van der Waals surface area contributed by atoms with Crippen LogP contribution in [0.1, 0.15) is 6.42 Å². The number of hydrogen-bond acceptors (Lipinski definition) is 3. The largest absolute Gasteiger partial charge is 0.487 e. The van der Waals surface area contributed by atoms with Gasteiger partial charge in [0.05, 0.1) is 0 Å². The SMILES string of the molecule is O[C@H]1CNCC[C@H]1Oc1cccc2ccccc12. The summed E-state index contributed by atoms with van der Waals surface area (Å²) in [5.74, 6) is 0.860. The maximum Gasteiger partial charge on any atom is 0.127 e. The van der Waals surface area contributed by atoms with Crippen molar-refractivity contribution in [1.29, 1.82) is 0 Å². The molecule has 0 unspecified atom stereocenters. The Kier molecular flexibility index (Phi) is 3.17.